The van der Waals surface area contributed by atoms with Crippen LogP contribution in [0.5, 0.6) is 0 Å². The predicted molar refractivity (Wildman–Crippen MR) is 85.8 cm³/mol. The Kier molecular flexibility index (Phi) is 5.58. The van der Waals surface area contributed by atoms with E-state index in [-0.39, 0.29) is 10.9 Å². The molecule has 1 aliphatic heterocycles. The molecule has 2 atom stereocenters. The second kappa shape index (κ2) is 7.06. The largest absolute Gasteiger partial charge is 0.299 e. The van der Waals surface area contributed by atoms with E-state index in [0.29, 0.717) is 18.0 Å². The molecule has 0 bridgehead atoms. The minimum atomic E-state index is -3.60. The molecule has 0 unspecified atom stereocenters. The fourth-order valence-electron chi connectivity index (χ4n) is 2.98. The maximum Gasteiger partial charge on any atom is 0.240 e. The summed E-state index contributed by atoms with van der Waals surface area (Å²) >= 11 is 0. The first-order valence-corrected chi connectivity index (χ1v) is 9.28. The van der Waals surface area contributed by atoms with Crippen molar-refractivity contribution in [2.75, 3.05) is 19.6 Å². The second-order valence-electron chi connectivity index (χ2n) is 6.35. The fraction of sp³-hybridized carbons (Fsp3) is 0.625. The number of hydrogen-bond donors (Lipinski definition) is 1. The molecule has 1 heterocycles. The molecule has 1 fully saturated rings. The summed E-state index contributed by atoms with van der Waals surface area (Å²) in [6.07, 6.45) is 2.40. The van der Waals surface area contributed by atoms with Crippen LogP contribution in [-0.2, 0) is 10.0 Å². The van der Waals surface area contributed by atoms with Crippen LogP contribution in [0.25, 0.3) is 0 Å². The van der Waals surface area contributed by atoms with E-state index in [4.69, 9.17) is 0 Å². The van der Waals surface area contributed by atoms with Crippen LogP contribution in [0, 0.1) is 18.7 Å². The van der Waals surface area contributed by atoms with E-state index in [1.165, 1.54) is 24.6 Å². The van der Waals surface area contributed by atoms with Gasteiger partial charge in [-0.1, -0.05) is 6.92 Å². The molecular formula is C16H25FN2O2S. The number of rotatable bonds is 5. The smallest absolute Gasteiger partial charge is 0.240 e. The van der Waals surface area contributed by atoms with Gasteiger partial charge in [-0.15, -0.1) is 0 Å². The lowest BCUT2D eigenvalue weighted by molar-refractivity contribution is 0.140. The van der Waals surface area contributed by atoms with E-state index in [1.807, 2.05) is 6.92 Å². The lowest BCUT2D eigenvalue weighted by atomic mass is 9.99. The van der Waals surface area contributed by atoms with Gasteiger partial charge in [-0.25, -0.2) is 17.5 Å². The Hall–Kier alpha value is -0.980. The van der Waals surface area contributed by atoms with Gasteiger partial charge in [-0.3, -0.25) is 4.90 Å². The van der Waals surface area contributed by atoms with Crippen molar-refractivity contribution in [1.82, 2.24) is 9.62 Å². The normalized spacial score (nSPS) is 21.7. The molecule has 4 nitrogen and oxygen atoms in total. The standard InChI is InChI=1S/C16H25FN2O2S/c1-12-5-4-8-19(11-12)14(3)10-18-22(20,21)16-7-6-15(17)9-13(16)2/h6-7,9,12,14,18H,4-5,8,10-11H2,1-3H3/t12-,14-/m1/s1. The first kappa shape index (κ1) is 17.4. The molecule has 1 aliphatic rings. The molecule has 1 aromatic rings. The quantitative estimate of drug-likeness (QED) is 0.903. The van der Waals surface area contributed by atoms with Crippen LogP contribution in [-0.4, -0.2) is 39.0 Å². The van der Waals surface area contributed by atoms with Crippen molar-refractivity contribution in [3.05, 3.63) is 29.6 Å². The molecule has 1 N–H and O–H groups in total. The Bertz CT molecular complexity index is 619. The summed E-state index contributed by atoms with van der Waals surface area (Å²) in [6.45, 7) is 8.27. The number of likely N-dealkylation sites (tertiary alicyclic amines) is 1. The maximum atomic E-state index is 13.1. The van der Waals surface area contributed by atoms with E-state index in [2.05, 4.69) is 16.5 Å². The van der Waals surface area contributed by atoms with Gasteiger partial charge < -0.3 is 0 Å². The van der Waals surface area contributed by atoms with Gasteiger partial charge in [-0.2, -0.15) is 0 Å². The third-order valence-corrected chi connectivity index (χ3v) is 5.89. The molecule has 0 aliphatic carbocycles. The van der Waals surface area contributed by atoms with Crippen molar-refractivity contribution in [2.24, 2.45) is 5.92 Å². The Balaban J connectivity index is 2.00. The van der Waals surface area contributed by atoms with Crippen molar-refractivity contribution in [3.8, 4) is 0 Å². The molecule has 1 saturated heterocycles. The Morgan fingerprint density at radius 1 is 1.45 bits per heavy atom. The van der Waals surface area contributed by atoms with Crippen LogP contribution in [0.4, 0.5) is 4.39 Å². The van der Waals surface area contributed by atoms with Crippen LogP contribution in [0.15, 0.2) is 23.1 Å². The van der Waals surface area contributed by atoms with Gasteiger partial charge >= 0.3 is 0 Å². The highest BCUT2D eigenvalue weighted by Gasteiger charge is 2.23. The third kappa shape index (κ3) is 4.27. The topological polar surface area (TPSA) is 49.4 Å². The lowest BCUT2D eigenvalue weighted by Crippen LogP contribution is -2.46. The van der Waals surface area contributed by atoms with E-state index in [1.54, 1.807) is 6.92 Å². The molecule has 6 heteroatoms. The summed E-state index contributed by atoms with van der Waals surface area (Å²) in [6, 6.07) is 3.89. The van der Waals surface area contributed by atoms with Crippen LogP contribution >= 0.6 is 0 Å². The summed E-state index contributed by atoms with van der Waals surface area (Å²) in [5.41, 5.74) is 0.423. The minimum Gasteiger partial charge on any atom is -0.299 e. The zero-order chi connectivity index (χ0) is 16.3. The summed E-state index contributed by atoms with van der Waals surface area (Å²) < 4.78 is 40.5. The molecule has 0 spiro atoms. The summed E-state index contributed by atoms with van der Waals surface area (Å²) in [5.74, 6) is 0.235. The highest BCUT2D eigenvalue weighted by molar-refractivity contribution is 7.89. The third-order valence-electron chi connectivity index (χ3n) is 4.31. The lowest BCUT2D eigenvalue weighted by Gasteiger charge is -2.35. The Morgan fingerprint density at radius 2 is 2.18 bits per heavy atom. The van der Waals surface area contributed by atoms with Gasteiger partial charge in [0, 0.05) is 19.1 Å². The van der Waals surface area contributed by atoms with Crippen molar-refractivity contribution in [2.45, 2.75) is 44.6 Å². The molecule has 0 radical (unpaired) electrons. The van der Waals surface area contributed by atoms with E-state index in [9.17, 15) is 12.8 Å². The van der Waals surface area contributed by atoms with E-state index < -0.39 is 15.8 Å². The molecule has 124 valence electrons. The zero-order valence-electron chi connectivity index (χ0n) is 13.5. The van der Waals surface area contributed by atoms with Gasteiger partial charge in [0.05, 0.1) is 4.90 Å². The predicted octanol–water partition coefficient (Wildman–Crippen LogP) is 2.53. The first-order chi connectivity index (χ1) is 10.3. The number of aryl methyl sites for hydroxylation is 1. The Labute approximate surface area is 132 Å². The molecule has 0 saturated carbocycles. The van der Waals surface area contributed by atoms with E-state index >= 15 is 0 Å². The van der Waals surface area contributed by atoms with Crippen LogP contribution in [0.3, 0.4) is 0 Å². The molecule has 0 aromatic heterocycles. The molecule has 1 aromatic carbocycles. The zero-order valence-corrected chi connectivity index (χ0v) is 14.3. The average molecular weight is 328 g/mol. The number of sulfonamides is 1. The summed E-state index contributed by atoms with van der Waals surface area (Å²) in [5, 5.41) is 0. The average Bonchev–Trinajstić information content (AvgIpc) is 2.44. The van der Waals surface area contributed by atoms with Gasteiger partial charge in [0.1, 0.15) is 5.82 Å². The number of nitrogens with one attached hydrogen (secondary N) is 1. The fourth-order valence-corrected chi connectivity index (χ4v) is 4.32. The molecule has 22 heavy (non-hydrogen) atoms. The number of nitrogens with zero attached hydrogens (tertiary/aromatic N) is 1. The Morgan fingerprint density at radius 3 is 2.82 bits per heavy atom. The molecular weight excluding hydrogens is 303 g/mol. The van der Waals surface area contributed by atoms with Crippen molar-refractivity contribution < 1.29 is 12.8 Å². The highest BCUT2D eigenvalue weighted by atomic mass is 32.2. The van der Waals surface area contributed by atoms with Gasteiger partial charge in [-0.05, 0) is 62.9 Å². The minimum absolute atomic E-state index is 0.146. The number of piperidine rings is 1. The molecule has 2 rings (SSSR count). The van der Waals surface area contributed by atoms with Gasteiger partial charge in [0.25, 0.3) is 0 Å². The van der Waals surface area contributed by atoms with Crippen molar-refractivity contribution >= 4 is 10.0 Å². The van der Waals surface area contributed by atoms with Crippen LogP contribution in [0.2, 0.25) is 0 Å². The van der Waals surface area contributed by atoms with Crippen molar-refractivity contribution in [3.63, 3.8) is 0 Å². The number of halogens is 1. The van der Waals surface area contributed by atoms with Gasteiger partial charge in [0.2, 0.25) is 10.0 Å². The number of hydrogen-bond acceptors (Lipinski definition) is 3. The van der Waals surface area contributed by atoms with Crippen molar-refractivity contribution in [1.29, 1.82) is 0 Å². The highest BCUT2D eigenvalue weighted by Crippen LogP contribution is 2.19. The maximum absolute atomic E-state index is 13.1. The van der Waals surface area contributed by atoms with Crippen LogP contribution in [0.1, 0.15) is 32.3 Å². The summed E-state index contributed by atoms with van der Waals surface area (Å²) in [4.78, 5) is 2.47. The van der Waals surface area contributed by atoms with Crippen LogP contribution < -0.4 is 4.72 Å². The second-order valence-corrected chi connectivity index (χ2v) is 8.09. The first-order valence-electron chi connectivity index (χ1n) is 7.79. The summed E-state index contributed by atoms with van der Waals surface area (Å²) in [7, 11) is -3.60. The number of benzene rings is 1. The monoisotopic (exact) mass is 328 g/mol. The van der Waals surface area contributed by atoms with Gasteiger partial charge in [0.15, 0.2) is 0 Å². The van der Waals surface area contributed by atoms with E-state index in [0.717, 1.165) is 19.5 Å². The SMILES string of the molecule is Cc1cc(F)ccc1S(=O)(=O)NC[C@@H](C)N1CCC[C@@H](C)C1. The molecule has 0 amide bonds.